The maximum atomic E-state index is 12.2. The van der Waals surface area contributed by atoms with E-state index in [9.17, 15) is 9.59 Å². The Hall–Kier alpha value is -1.29. The number of Topliss-reactive ketones (excluding diaryl/α,β-unsaturated/α-hetero) is 1. The van der Waals surface area contributed by atoms with Crippen LogP contribution in [0.4, 0.5) is 0 Å². The molecule has 1 aromatic carbocycles. The van der Waals surface area contributed by atoms with E-state index in [1.54, 1.807) is 11.8 Å². The largest absolute Gasteiger partial charge is 0.342 e. The lowest BCUT2D eigenvalue weighted by molar-refractivity contribution is -0.128. The highest BCUT2D eigenvalue weighted by molar-refractivity contribution is 8.00. The van der Waals surface area contributed by atoms with Crippen molar-refractivity contribution in [1.29, 1.82) is 0 Å². The molecular weight excluding hydrogens is 294 g/mol. The van der Waals surface area contributed by atoms with Crippen LogP contribution in [0.1, 0.15) is 48.9 Å². The summed E-state index contributed by atoms with van der Waals surface area (Å²) >= 11 is 1.57. The van der Waals surface area contributed by atoms with Crippen molar-refractivity contribution in [2.75, 3.05) is 18.8 Å². The van der Waals surface area contributed by atoms with Crippen LogP contribution < -0.4 is 0 Å². The second-order valence-corrected chi connectivity index (χ2v) is 7.30. The molecule has 3 rings (SSSR count). The van der Waals surface area contributed by atoms with Crippen molar-refractivity contribution in [2.24, 2.45) is 5.92 Å². The molecule has 1 aromatic rings. The van der Waals surface area contributed by atoms with Crippen molar-refractivity contribution in [2.45, 2.75) is 43.4 Å². The van der Waals surface area contributed by atoms with Crippen LogP contribution in [0.3, 0.4) is 0 Å². The summed E-state index contributed by atoms with van der Waals surface area (Å²) in [6.07, 6.45) is 6.84. The number of hydrogen-bond acceptors (Lipinski definition) is 3. The van der Waals surface area contributed by atoms with E-state index in [1.165, 1.54) is 12.8 Å². The molecule has 0 unspecified atom stereocenters. The molecule has 22 heavy (non-hydrogen) atoms. The lowest BCUT2D eigenvalue weighted by atomic mass is 10.1. The normalized spacial score (nSPS) is 18.8. The highest BCUT2D eigenvalue weighted by Crippen LogP contribution is 2.33. The summed E-state index contributed by atoms with van der Waals surface area (Å²) in [5.41, 5.74) is 0.811. The number of carbonyl (C=O) groups is 2. The summed E-state index contributed by atoms with van der Waals surface area (Å²) in [4.78, 5) is 27.3. The predicted molar refractivity (Wildman–Crippen MR) is 89.3 cm³/mol. The second kappa shape index (κ2) is 7.32. The Morgan fingerprint density at radius 2 is 1.64 bits per heavy atom. The van der Waals surface area contributed by atoms with Crippen LogP contribution in [0.25, 0.3) is 0 Å². The Morgan fingerprint density at radius 1 is 1.00 bits per heavy atom. The topological polar surface area (TPSA) is 37.4 Å². The van der Waals surface area contributed by atoms with Crippen LogP contribution in [0.2, 0.25) is 0 Å². The first-order valence-corrected chi connectivity index (χ1v) is 9.27. The van der Waals surface area contributed by atoms with Crippen molar-refractivity contribution in [3.8, 4) is 0 Å². The predicted octanol–water partition coefficient (Wildman–Crippen LogP) is 3.77. The van der Waals surface area contributed by atoms with Gasteiger partial charge in [-0.15, -0.1) is 11.8 Å². The summed E-state index contributed by atoms with van der Waals surface area (Å²) in [6.45, 7) is 1.82. The molecule has 2 fully saturated rings. The smallest absolute Gasteiger partial charge is 0.232 e. The van der Waals surface area contributed by atoms with Gasteiger partial charge in [0.25, 0.3) is 0 Å². The van der Waals surface area contributed by atoms with E-state index in [4.69, 9.17) is 0 Å². The minimum absolute atomic E-state index is 0.241. The van der Waals surface area contributed by atoms with Crippen LogP contribution in [0, 0.1) is 5.92 Å². The number of benzene rings is 1. The van der Waals surface area contributed by atoms with Gasteiger partial charge in [-0.05, 0) is 37.8 Å². The summed E-state index contributed by atoms with van der Waals surface area (Å²) in [5.74, 6) is 1.28. The molecule has 4 heteroatoms. The van der Waals surface area contributed by atoms with Crippen LogP contribution in [0.15, 0.2) is 29.2 Å². The van der Waals surface area contributed by atoms with E-state index in [2.05, 4.69) is 0 Å². The number of carbonyl (C=O) groups excluding carboxylic acids is 2. The number of rotatable bonds is 5. The number of thioether (sulfide) groups is 1. The van der Waals surface area contributed by atoms with Crippen molar-refractivity contribution in [3.63, 3.8) is 0 Å². The summed E-state index contributed by atoms with van der Waals surface area (Å²) in [6, 6.07) is 7.74. The Kier molecular flexibility index (Phi) is 5.19. The van der Waals surface area contributed by atoms with Crippen molar-refractivity contribution >= 4 is 23.5 Å². The van der Waals surface area contributed by atoms with Crippen molar-refractivity contribution < 1.29 is 9.59 Å². The molecule has 1 aliphatic carbocycles. The standard InChI is InChI=1S/C18H23NO2S/c20-17(19-11-3-1-2-4-12-19)13-22-16-9-7-15(8-10-16)18(21)14-5-6-14/h7-10,14H,1-6,11-13H2. The van der Waals surface area contributed by atoms with E-state index in [0.717, 1.165) is 49.2 Å². The molecule has 0 radical (unpaired) electrons. The van der Waals surface area contributed by atoms with E-state index >= 15 is 0 Å². The quantitative estimate of drug-likeness (QED) is 0.613. The molecule has 2 aliphatic rings. The minimum atomic E-state index is 0.241. The van der Waals surface area contributed by atoms with Gasteiger partial charge in [0.15, 0.2) is 5.78 Å². The Labute approximate surface area is 136 Å². The molecule has 0 aromatic heterocycles. The zero-order chi connectivity index (χ0) is 15.4. The molecule has 1 aliphatic heterocycles. The average Bonchev–Trinajstić information content (AvgIpc) is 3.38. The number of likely N-dealkylation sites (tertiary alicyclic amines) is 1. The first-order chi connectivity index (χ1) is 10.7. The summed E-state index contributed by atoms with van der Waals surface area (Å²) < 4.78 is 0. The van der Waals surface area contributed by atoms with Crippen LogP contribution in [-0.4, -0.2) is 35.4 Å². The van der Waals surface area contributed by atoms with Gasteiger partial charge in [-0.1, -0.05) is 25.0 Å². The first-order valence-electron chi connectivity index (χ1n) is 8.29. The maximum Gasteiger partial charge on any atom is 0.232 e. The number of nitrogens with zero attached hydrogens (tertiary/aromatic N) is 1. The fraction of sp³-hybridized carbons (Fsp3) is 0.556. The zero-order valence-corrected chi connectivity index (χ0v) is 13.7. The third kappa shape index (κ3) is 4.13. The number of hydrogen-bond donors (Lipinski definition) is 0. The van der Waals surface area contributed by atoms with Crippen LogP contribution in [-0.2, 0) is 4.79 Å². The van der Waals surface area contributed by atoms with Gasteiger partial charge in [-0.25, -0.2) is 0 Å². The zero-order valence-electron chi connectivity index (χ0n) is 12.9. The minimum Gasteiger partial charge on any atom is -0.342 e. The van der Waals surface area contributed by atoms with Crippen LogP contribution >= 0.6 is 11.8 Å². The van der Waals surface area contributed by atoms with E-state index in [0.29, 0.717) is 5.75 Å². The van der Waals surface area contributed by atoms with Gasteiger partial charge >= 0.3 is 0 Å². The molecule has 0 bridgehead atoms. The molecule has 0 N–H and O–H groups in total. The molecule has 1 heterocycles. The molecule has 1 saturated heterocycles. The molecule has 118 valence electrons. The molecule has 0 atom stereocenters. The Morgan fingerprint density at radius 3 is 2.23 bits per heavy atom. The van der Waals surface area contributed by atoms with E-state index < -0.39 is 0 Å². The Bertz CT molecular complexity index is 529. The van der Waals surface area contributed by atoms with E-state index in [1.807, 2.05) is 29.2 Å². The van der Waals surface area contributed by atoms with Gasteiger partial charge in [0.1, 0.15) is 0 Å². The fourth-order valence-corrected chi connectivity index (χ4v) is 3.65. The SMILES string of the molecule is O=C(c1ccc(SCC(=O)N2CCCCCC2)cc1)C1CC1. The monoisotopic (exact) mass is 317 g/mol. The molecule has 0 spiro atoms. The Balaban J connectivity index is 1.50. The highest BCUT2D eigenvalue weighted by atomic mass is 32.2. The van der Waals surface area contributed by atoms with Crippen molar-refractivity contribution in [1.82, 2.24) is 4.90 Å². The third-order valence-corrected chi connectivity index (χ3v) is 5.40. The van der Waals surface area contributed by atoms with Gasteiger partial charge in [0, 0.05) is 29.5 Å². The van der Waals surface area contributed by atoms with E-state index in [-0.39, 0.29) is 17.6 Å². The maximum absolute atomic E-state index is 12.2. The lowest BCUT2D eigenvalue weighted by Crippen LogP contribution is -2.33. The summed E-state index contributed by atoms with van der Waals surface area (Å²) in [5, 5.41) is 0. The third-order valence-electron chi connectivity index (χ3n) is 4.41. The van der Waals surface area contributed by atoms with Gasteiger partial charge in [0.05, 0.1) is 5.75 Å². The van der Waals surface area contributed by atoms with Gasteiger partial charge in [-0.2, -0.15) is 0 Å². The summed E-state index contributed by atoms with van der Waals surface area (Å²) in [7, 11) is 0. The first kappa shape index (κ1) is 15.6. The second-order valence-electron chi connectivity index (χ2n) is 6.25. The molecule has 3 nitrogen and oxygen atoms in total. The number of ketones is 1. The molecule has 1 amide bonds. The lowest BCUT2D eigenvalue weighted by Gasteiger charge is -2.19. The fourth-order valence-electron chi connectivity index (χ4n) is 2.85. The van der Waals surface area contributed by atoms with Gasteiger partial charge in [-0.3, -0.25) is 9.59 Å². The number of amides is 1. The van der Waals surface area contributed by atoms with Crippen molar-refractivity contribution in [3.05, 3.63) is 29.8 Å². The highest BCUT2D eigenvalue weighted by Gasteiger charge is 2.30. The van der Waals surface area contributed by atoms with Gasteiger partial charge in [0.2, 0.25) is 5.91 Å². The van der Waals surface area contributed by atoms with Crippen LogP contribution in [0.5, 0.6) is 0 Å². The molecular formula is C18H23NO2S. The van der Waals surface area contributed by atoms with Gasteiger partial charge < -0.3 is 4.90 Å². The average molecular weight is 317 g/mol. The molecule has 1 saturated carbocycles.